The summed E-state index contributed by atoms with van der Waals surface area (Å²) in [5, 5.41) is 0. The Balaban J connectivity index is 2.25. The number of allylic oxidation sites excluding steroid dienone is 1. The predicted octanol–water partition coefficient (Wildman–Crippen LogP) is 3.54. The van der Waals surface area contributed by atoms with Crippen LogP contribution in [0.15, 0.2) is 23.5 Å². The van der Waals surface area contributed by atoms with Crippen molar-refractivity contribution in [2.24, 2.45) is 0 Å². The molecule has 0 atom stereocenters. The topological polar surface area (TPSA) is 22.0 Å². The van der Waals surface area contributed by atoms with Crippen molar-refractivity contribution in [3.8, 4) is 0 Å². The summed E-state index contributed by atoms with van der Waals surface area (Å²) in [6.07, 6.45) is 7.91. The second-order valence-electron chi connectivity index (χ2n) is 4.46. The molecule has 1 aliphatic carbocycles. The number of nitrogens with zero attached hydrogens (tertiary/aromatic N) is 1. The number of carbonyl (C=O) groups excluding carboxylic acids is 1. The first-order valence-corrected chi connectivity index (χ1v) is 6.12. The Labute approximate surface area is 101 Å². The van der Waals surface area contributed by atoms with Gasteiger partial charge in [0.1, 0.15) is 0 Å². The van der Waals surface area contributed by atoms with Crippen molar-refractivity contribution in [1.82, 2.24) is 4.57 Å². The highest BCUT2D eigenvalue weighted by Crippen LogP contribution is 2.22. The highest BCUT2D eigenvalue weighted by atomic mass is 35.5. The van der Waals surface area contributed by atoms with Gasteiger partial charge in [0.2, 0.25) is 0 Å². The number of carbonyl (C=O) groups is 1. The minimum Gasteiger partial charge on any atom is -0.349 e. The highest BCUT2D eigenvalue weighted by Gasteiger charge is 2.17. The number of halogens is 1. The molecule has 0 spiro atoms. The predicted molar refractivity (Wildman–Crippen MR) is 65.9 cm³/mol. The summed E-state index contributed by atoms with van der Waals surface area (Å²) in [4.78, 5) is 11.8. The Kier molecular flexibility index (Phi) is 3.49. The quantitative estimate of drug-likeness (QED) is 0.722. The van der Waals surface area contributed by atoms with E-state index in [-0.39, 0.29) is 0 Å². The van der Waals surface area contributed by atoms with Crippen LogP contribution >= 0.6 is 11.6 Å². The molecule has 0 bridgehead atoms. The van der Waals surface area contributed by atoms with Crippen molar-refractivity contribution < 1.29 is 4.79 Å². The first kappa shape index (κ1) is 11.5. The van der Waals surface area contributed by atoms with Gasteiger partial charge in [-0.05, 0) is 37.3 Å². The first-order chi connectivity index (χ1) is 7.70. The van der Waals surface area contributed by atoms with E-state index >= 15 is 0 Å². The molecule has 0 fully saturated rings. The van der Waals surface area contributed by atoms with Gasteiger partial charge < -0.3 is 4.57 Å². The van der Waals surface area contributed by atoms with Crippen molar-refractivity contribution in [3.05, 3.63) is 34.6 Å². The maximum atomic E-state index is 11.8. The van der Waals surface area contributed by atoms with Crippen molar-refractivity contribution in [3.63, 3.8) is 0 Å². The molecule has 3 heteroatoms. The van der Waals surface area contributed by atoms with Crippen molar-refractivity contribution >= 4 is 17.4 Å². The monoisotopic (exact) mass is 237 g/mol. The number of aromatic nitrogens is 1. The van der Waals surface area contributed by atoms with E-state index in [0.717, 1.165) is 36.9 Å². The molecule has 1 heterocycles. The molecule has 2 rings (SSSR count). The Bertz CT molecular complexity index is 431. The summed E-state index contributed by atoms with van der Waals surface area (Å²) in [5.41, 5.74) is 4.80. The van der Waals surface area contributed by atoms with Crippen LogP contribution in [0.25, 0.3) is 0 Å². The number of ketones is 1. The van der Waals surface area contributed by atoms with E-state index in [1.807, 2.05) is 13.1 Å². The zero-order valence-electron chi connectivity index (χ0n) is 9.50. The largest absolute Gasteiger partial charge is 0.349 e. The summed E-state index contributed by atoms with van der Waals surface area (Å²) in [6.45, 7) is 2.75. The fraction of sp³-hybridized carbons (Fsp3) is 0.462. The molecule has 1 aliphatic rings. The van der Waals surface area contributed by atoms with Crippen LogP contribution in [-0.4, -0.2) is 10.4 Å². The third-order valence-corrected chi connectivity index (χ3v) is 3.35. The lowest BCUT2D eigenvalue weighted by atomic mass is 10.1. The number of aryl methyl sites for hydroxylation is 1. The lowest BCUT2D eigenvalue weighted by Crippen LogP contribution is -1.98. The Morgan fingerprint density at radius 1 is 1.44 bits per heavy atom. The number of hydrogen-bond donors (Lipinski definition) is 0. The smallest absolute Gasteiger partial charge is 0.164 e. The molecule has 86 valence electrons. The Morgan fingerprint density at radius 3 is 2.94 bits per heavy atom. The average molecular weight is 238 g/mol. The maximum absolute atomic E-state index is 11.8. The van der Waals surface area contributed by atoms with Gasteiger partial charge >= 0.3 is 0 Å². The van der Waals surface area contributed by atoms with E-state index in [1.165, 1.54) is 5.56 Å². The molecule has 0 amide bonds. The van der Waals surface area contributed by atoms with Gasteiger partial charge in [0.05, 0.1) is 0 Å². The molecule has 16 heavy (non-hydrogen) atoms. The maximum Gasteiger partial charge on any atom is 0.164 e. The Morgan fingerprint density at radius 2 is 2.19 bits per heavy atom. The summed E-state index contributed by atoms with van der Waals surface area (Å²) in [7, 11) is 0. The molecule has 1 aromatic heterocycles. The molecule has 0 saturated heterocycles. The van der Waals surface area contributed by atoms with Crippen LogP contribution < -0.4 is 0 Å². The molecule has 0 unspecified atom stereocenters. The van der Waals surface area contributed by atoms with Crippen LogP contribution in [0.5, 0.6) is 0 Å². The summed E-state index contributed by atoms with van der Waals surface area (Å²) >= 11 is 5.64. The van der Waals surface area contributed by atoms with E-state index in [1.54, 1.807) is 5.54 Å². The second kappa shape index (κ2) is 4.88. The van der Waals surface area contributed by atoms with Gasteiger partial charge in [-0.15, -0.1) is 0 Å². The van der Waals surface area contributed by atoms with Gasteiger partial charge in [-0.1, -0.05) is 11.6 Å². The number of rotatable bonds is 2. The van der Waals surface area contributed by atoms with E-state index in [2.05, 4.69) is 10.8 Å². The lowest BCUT2D eigenvalue weighted by molar-refractivity contribution is 0.0982. The van der Waals surface area contributed by atoms with Crippen molar-refractivity contribution in [1.29, 1.82) is 0 Å². The third kappa shape index (κ3) is 2.38. The van der Waals surface area contributed by atoms with Crippen molar-refractivity contribution in [2.45, 2.75) is 39.2 Å². The highest BCUT2D eigenvalue weighted by molar-refractivity contribution is 6.25. The minimum absolute atomic E-state index is 0.291. The van der Waals surface area contributed by atoms with Gasteiger partial charge in [-0.3, -0.25) is 4.79 Å². The number of Topliss-reactive ketones (excluding diaryl/α,β-unsaturated/α-hetero) is 1. The molecular weight excluding hydrogens is 222 g/mol. The van der Waals surface area contributed by atoms with E-state index in [0.29, 0.717) is 12.2 Å². The van der Waals surface area contributed by atoms with E-state index in [4.69, 9.17) is 11.6 Å². The SMILES string of the molecule is C/C(=C/Cl)Cn1cc2c(c1)C(=O)CCCC2. The van der Waals surface area contributed by atoms with Crippen LogP contribution in [-0.2, 0) is 13.0 Å². The van der Waals surface area contributed by atoms with Crippen LogP contribution in [0.3, 0.4) is 0 Å². The fourth-order valence-electron chi connectivity index (χ4n) is 2.16. The fourth-order valence-corrected chi connectivity index (χ4v) is 2.22. The van der Waals surface area contributed by atoms with Gasteiger partial charge in [0.25, 0.3) is 0 Å². The summed E-state index contributed by atoms with van der Waals surface area (Å²) in [5.74, 6) is 0.291. The Hall–Kier alpha value is -1.02. The van der Waals surface area contributed by atoms with E-state index in [9.17, 15) is 4.79 Å². The molecule has 0 radical (unpaired) electrons. The van der Waals surface area contributed by atoms with Crippen LogP contribution in [0, 0.1) is 0 Å². The van der Waals surface area contributed by atoms with E-state index < -0.39 is 0 Å². The molecule has 0 aromatic carbocycles. The average Bonchev–Trinajstić information content (AvgIpc) is 2.59. The summed E-state index contributed by atoms with van der Waals surface area (Å²) in [6, 6.07) is 0. The van der Waals surface area contributed by atoms with Gasteiger partial charge in [0.15, 0.2) is 5.78 Å². The molecule has 2 nitrogen and oxygen atoms in total. The second-order valence-corrected chi connectivity index (χ2v) is 4.67. The third-order valence-electron chi connectivity index (χ3n) is 2.98. The van der Waals surface area contributed by atoms with Crippen LogP contribution in [0.4, 0.5) is 0 Å². The zero-order chi connectivity index (χ0) is 11.5. The normalized spacial score (nSPS) is 17.1. The number of hydrogen-bond acceptors (Lipinski definition) is 1. The zero-order valence-corrected chi connectivity index (χ0v) is 10.3. The van der Waals surface area contributed by atoms with Gasteiger partial charge in [-0.2, -0.15) is 0 Å². The number of fused-ring (bicyclic) bond motifs is 1. The van der Waals surface area contributed by atoms with Crippen LogP contribution in [0.1, 0.15) is 42.1 Å². The molecule has 1 aromatic rings. The van der Waals surface area contributed by atoms with Gasteiger partial charge in [-0.25, -0.2) is 0 Å². The van der Waals surface area contributed by atoms with Gasteiger partial charge in [0, 0.05) is 36.5 Å². The first-order valence-electron chi connectivity index (χ1n) is 5.68. The van der Waals surface area contributed by atoms with Crippen molar-refractivity contribution in [2.75, 3.05) is 0 Å². The summed E-state index contributed by atoms with van der Waals surface area (Å²) < 4.78 is 2.06. The van der Waals surface area contributed by atoms with Crippen LogP contribution in [0.2, 0.25) is 0 Å². The molecular formula is C13H16ClNO. The molecule has 0 N–H and O–H groups in total. The minimum atomic E-state index is 0.291. The lowest BCUT2D eigenvalue weighted by Gasteiger charge is -2.01. The standard InChI is InChI=1S/C13H16ClNO/c1-10(6-14)7-15-8-11-4-2-3-5-13(16)12(11)9-15/h6,8-9H,2-5,7H2,1H3/b10-6-. The molecule has 0 aliphatic heterocycles. The molecule has 0 saturated carbocycles.